The molecule has 1 unspecified atom stereocenters. The Morgan fingerprint density at radius 3 is 2.88 bits per heavy atom. The molecule has 3 rings (SSSR count). The predicted octanol–water partition coefficient (Wildman–Crippen LogP) is 4.41. The maximum absolute atomic E-state index is 6.04. The first-order valence-corrected chi connectivity index (χ1v) is 8.29. The van der Waals surface area contributed by atoms with Gasteiger partial charge in [0.25, 0.3) is 0 Å². The number of nitrogens with zero attached hydrogens (tertiary/aromatic N) is 2. The molecule has 4 nitrogen and oxygen atoms in total. The topological polar surface area (TPSA) is 41.3 Å². The molecule has 0 bridgehead atoms. The number of hydrogen-bond acceptors (Lipinski definition) is 4. The van der Waals surface area contributed by atoms with Crippen LogP contribution in [0.1, 0.15) is 25.7 Å². The van der Waals surface area contributed by atoms with E-state index >= 15 is 0 Å². The Bertz CT molecular complexity index is 615. The average molecular weight is 393 g/mol. The van der Waals surface area contributed by atoms with Crippen molar-refractivity contribution in [2.75, 3.05) is 19.6 Å². The van der Waals surface area contributed by atoms with E-state index in [2.05, 4.69) is 22.1 Å². The van der Waals surface area contributed by atoms with E-state index in [1.54, 1.807) is 6.20 Å². The van der Waals surface area contributed by atoms with E-state index in [9.17, 15) is 0 Å². The summed E-state index contributed by atoms with van der Waals surface area (Å²) in [5, 5.41) is 4.14. The Labute approximate surface area is 160 Å². The third-order valence-corrected chi connectivity index (χ3v) is 4.30. The lowest BCUT2D eigenvalue weighted by Gasteiger charge is -2.26. The van der Waals surface area contributed by atoms with E-state index in [0.29, 0.717) is 11.1 Å². The molecule has 1 atom stereocenters. The van der Waals surface area contributed by atoms with Crippen LogP contribution in [0.2, 0.25) is 5.02 Å². The molecule has 24 heavy (non-hydrogen) atoms. The lowest BCUT2D eigenvalue weighted by Crippen LogP contribution is -2.37. The van der Waals surface area contributed by atoms with Gasteiger partial charge in [-0.05, 0) is 38.1 Å². The van der Waals surface area contributed by atoms with Crippen molar-refractivity contribution in [3.8, 4) is 11.3 Å². The molecule has 0 aliphatic carbocycles. The first-order valence-electron chi connectivity index (χ1n) is 7.91. The standard InChI is InChI=1S/C17H22ClN3O.2ClH/c1-2-8-21(15-6-7-19-10-15)12-17-20-11-16(22-17)13-4-3-5-14(18)9-13;;/h3-5,9,11,15,19H,2,6-8,10,12H2,1H3;2*1H. The zero-order chi connectivity index (χ0) is 15.4. The van der Waals surface area contributed by atoms with Gasteiger partial charge in [-0.25, -0.2) is 4.98 Å². The summed E-state index contributed by atoms with van der Waals surface area (Å²) in [7, 11) is 0. The van der Waals surface area contributed by atoms with Crippen molar-refractivity contribution in [2.24, 2.45) is 0 Å². The van der Waals surface area contributed by atoms with E-state index in [1.807, 2.05) is 24.3 Å². The molecule has 1 aliphatic heterocycles. The molecule has 134 valence electrons. The van der Waals surface area contributed by atoms with Crippen molar-refractivity contribution >= 4 is 36.4 Å². The number of hydrogen-bond donors (Lipinski definition) is 1. The summed E-state index contributed by atoms with van der Waals surface area (Å²) in [6, 6.07) is 8.25. The fraction of sp³-hybridized carbons (Fsp3) is 0.471. The van der Waals surface area contributed by atoms with E-state index in [4.69, 9.17) is 16.0 Å². The van der Waals surface area contributed by atoms with Crippen molar-refractivity contribution in [1.29, 1.82) is 0 Å². The van der Waals surface area contributed by atoms with Crippen LogP contribution in [0, 0.1) is 0 Å². The van der Waals surface area contributed by atoms with Gasteiger partial charge >= 0.3 is 0 Å². The van der Waals surface area contributed by atoms with Crippen LogP contribution in [0.5, 0.6) is 0 Å². The number of benzene rings is 1. The van der Waals surface area contributed by atoms with E-state index in [-0.39, 0.29) is 24.8 Å². The quantitative estimate of drug-likeness (QED) is 0.790. The minimum Gasteiger partial charge on any atom is -0.439 e. The van der Waals surface area contributed by atoms with E-state index in [1.165, 1.54) is 6.42 Å². The number of halogens is 3. The van der Waals surface area contributed by atoms with Gasteiger partial charge in [0.1, 0.15) is 0 Å². The summed E-state index contributed by atoms with van der Waals surface area (Å²) in [5.74, 6) is 1.55. The fourth-order valence-corrected chi connectivity index (χ4v) is 3.15. The van der Waals surface area contributed by atoms with Crippen LogP contribution < -0.4 is 5.32 Å². The molecule has 0 saturated carbocycles. The summed E-state index contributed by atoms with van der Waals surface area (Å²) < 4.78 is 5.93. The summed E-state index contributed by atoms with van der Waals surface area (Å²) >= 11 is 6.04. The molecule has 2 aromatic rings. The van der Waals surface area contributed by atoms with Gasteiger partial charge in [-0.15, -0.1) is 24.8 Å². The molecule has 1 aliphatic rings. The lowest BCUT2D eigenvalue weighted by molar-refractivity contribution is 0.182. The number of nitrogens with one attached hydrogen (secondary N) is 1. The van der Waals surface area contributed by atoms with Crippen molar-refractivity contribution in [3.05, 3.63) is 41.4 Å². The Morgan fingerprint density at radius 1 is 1.38 bits per heavy atom. The Kier molecular flexibility index (Phi) is 9.09. The predicted molar refractivity (Wildman–Crippen MR) is 103 cm³/mol. The Morgan fingerprint density at radius 2 is 2.21 bits per heavy atom. The highest BCUT2D eigenvalue weighted by atomic mass is 35.5. The van der Waals surface area contributed by atoms with Crippen LogP contribution in [0.15, 0.2) is 34.9 Å². The number of aromatic nitrogens is 1. The van der Waals surface area contributed by atoms with Crippen molar-refractivity contribution < 1.29 is 4.42 Å². The molecule has 0 radical (unpaired) electrons. The van der Waals surface area contributed by atoms with Gasteiger partial charge < -0.3 is 9.73 Å². The maximum Gasteiger partial charge on any atom is 0.209 e. The monoisotopic (exact) mass is 391 g/mol. The second kappa shape index (κ2) is 10.3. The molecule has 7 heteroatoms. The van der Waals surface area contributed by atoms with Gasteiger partial charge in [-0.3, -0.25) is 4.90 Å². The normalized spacial score (nSPS) is 16.7. The first-order chi connectivity index (χ1) is 10.8. The van der Waals surface area contributed by atoms with Crippen LogP contribution in [-0.2, 0) is 6.54 Å². The zero-order valence-corrected chi connectivity index (χ0v) is 16.1. The highest BCUT2D eigenvalue weighted by Gasteiger charge is 2.23. The molecule has 2 heterocycles. The lowest BCUT2D eigenvalue weighted by atomic mass is 10.2. The smallest absolute Gasteiger partial charge is 0.209 e. The minimum atomic E-state index is 0. The van der Waals surface area contributed by atoms with Crippen LogP contribution in [0.3, 0.4) is 0 Å². The third-order valence-electron chi connectivity index (χ3n) is 4.06. The fourth-order valence-electron chi connectivity index (χ4n) is 2.96. The van der Waals surface area contributed by atoms with Gasteiger partial charge in [-0.2, -0.15) is 0 Å². The highest BCUT2D eigenvalue weighted by molar-refractivity contribution is 6.30. The second-order valence-electron chi connectivity index (χ2n) is 5.75. The molecule has 1 saturated heterocycles. The molecular weight excluding hydrogens is 369 g/mol. The first kappa shape index (κ1) is 21.3. The zero-order valence-electron chi connectivity index (χ0n) is 13.7. The van der Waals surface area contributed by atoms with Crippen molar-refractivity contribution in [1.82, 2.24) is 15.2 Å². The molecule has 1 N–H and O–H groups in total. The summed E-state index contributed by atoms with van der Waals surface area (Å²) in [5.41, 5.74) is 0.968. The molecular formula is C17H24Cl3N3O. The number of oxazole rings is 1. The maximum atomic E-state index is 6.04. The third kappa shape index (κ3) is 5.36. The van der Waals surface area contributed by atoms with Crippen molar-refractivity contribution in [3.63, 3.8) is 0 Å². The van der Waals surface area contributed by atoms with Crippen LogP contribution in [0.25, 0.3) is 11.3 Å². The molecule has 1 aromatic carbocycles. The van der Waals surface area contributed by atoms with Crippen molar-refractivity contribution in [2.45, 2.75) is 32.4 Å². The van der Waals surface area contributed by atoms with Gasteiger partial charge in [0.15, 0.2) is 5.76 Å². The van der Waals surface area contributed by atoms with Gasteiger partial charge in [0.2, 0.25) is 5.89 Å². The van der Waals surface area contributed by atoms with Crippen LogP contribution in [-0.4, -0.2) is 35.6 Å². The summed E-state index contributed by atoms with van der Waals surface area (Å²) in [6.07, 6.45) is 4.12. The van der Waals surface area contributed by atoms with Crippen LogP contribution in [0.4, 0.5) is 0 Å². The summed E-state index contributed by atoms with van der Waals surface area (Å²) in [4.78, 5) is 6.91. The Hall–Kier alpha value is -0.780. The molecule has 1 fully saturated rings. The summed E-state index contributed by atoms with van der Waals surface area (Å²) in [6.45, 7) is 6.20. The van der Waals surface area contributed by atoms with Gasteiger partial charge in [-0.1, -0.05) is 30.7 Å². The van der Waals surface area contributed by atoms with Gasteiger partial charge in [0.05, 0.1) is 12.7 Å². The molecule has 0 amide bonds. The second-order valence-corrected chi connectivity index (χ2v) is 6.18. The largest absolute Gasteiger partial charge is 0.439 e. The molecule has 1 aromatic heterocycles. The molecule has 0 spiro atoms. The van der Waals surface area contributed by atoms with Gasteiger partial charge in [0, 0.05) is 23.2 Å². The van der Waals surface area contributed by atoms with Crippen LogP contribution >= 0.6 is 36.4 Å². The number of rotatable bonds is 6. The highest BCUT2D eigenvalue weighted by Crippen LogP contribution is 2.24. The van der Waals surface area contributed by atoms with E-state index < -0.39 is 0 Å². The minimum absolute atomic E-state index is 0. The Balaban J connectivity index is 0.00000144. The average Bonchev–Trinajstić information content (AvgIpc) is 3.18. The van der Waals surface area contributed by atoms with E-state index in [0.717, 1.165) is 49.8 Å². The SMILES string of the molecule is CCCN(Cc1ncc(-c2cccc(Cl)c2)o1)C1CCNC1.Cl.Cl.